The molecule has 3 aromatic rings. The molecule has 0 unspecified atom stereocenters. The number of benzene rings is 3. The first kappa shape index (κ1) is 20.4. The highest BCUT2D eigenvalue weighted by Gasteiger charge is 2.23. The van der Waals surface area contributed by atoms with E-state index in [9.17, 15) is 9.59 Å². The van der Waals surface area contributed by atoms with Gasteiger partial charge in [0.15, 0.2) is 23.0 Å². The van der Waals surface area contributed by atoms with Gasteiger partial charge in [-0.1, -0.05) is 36.4 Å². The Bertz CT molecular complexity index is 1220. The molecule has 1 atom stereocenters. The smallest absolute Gasteiger partial charge is 0.251 e. The number of carbonyl (C=O) groups is 2. The lowest BCUT2D eigenvalue weighted by atomic mass is 10.1. The Balaban J connectivity index is 1.31. The van der Waals surface area contributed by atoms with E-state index in [4.69, 9.17) is 18.9 Å². The van der Waals surface area contributed by atoms with Crippen LogP contribution in [0, 0.1) is 0 Å². The molecule has 0 radical (unpaired) electrons. The van der Waals surface area contributed by atoms with Crippen molar-refractivity contribution in [3.05, 3.63) is 83.9 Å². The third-order valence-electron chi connectivity index (χ3n) is 5.15. The van der Waals surface area contributed by atoms with Crippen molar-refractivity contribution in [2.24, 2.45) is 0 Å². The largest absolute Gasteiger partial charge is 0.454 e. The summed E-state index contributed by atoms with van der Waals surface area (Å²) in [5, 5.41) is 5.61. The van der Waals surface area contributed by atoms with Gasteiger partial charge >= 0.3 is 0 Å². The van der Waals surface area contributed by atoms with Gasteiger partial charge in [-0.15, -0.1) is 0 Å². The van der Waals surface area contributed by atoms with Crippen molar-refractivity contribution in [3.63, 3.8) is 0 Å². The van der Waals surface area contributed by atoms with Gasteiger partial charge in [0, 0.05) is 17.8 Å². The van der Waals surface area contributed by atoms with Crippen LogP contribution in [0.4, 0.5) is 5.69 Å². The maximum atomic E-state index is 13.1. The lowest BCUT2D eigenvalue weighted by Gasteiger charge is -2.18. The van der Waals surface area contributed by atoms with Gasteiger partial charge in [-0.25, -0.2) is 0 Å². The molecule has 0 bridgehead atoms. The molecule has 2 aliphatic rings. The Morgan fingerprint density at radius 3 is 2.21 bits per heavy atom. The summed E-state index contributed by atoms with van der Waals surface area (Å²) in [5.41, 5.74) is 1.96. The molecule has 0 spiro atoms. The van der Waals surface area contributed by atoms with Gasteiger partial charge in [-0.3, -0.25) is 9.59 Å². The summed E-state index contributed by atoms with van der Waals surface area (Å²) in [6, 6.07) is 18.6. The topological polar surface area (TPSA) is 95.1 Å². The van der Waals surface area contributed by atoms with E-state index in [0.29, 0.717) is 34.2 Å². The molecule has 2 amide bonds. The molecule has 0 fully saturated rings. The van der Waals surface area contributed by atoms with Gasteiger partial charge in [0.1, 0.15) is 6.04 Å². The van der Waals surface area contributed by atoms with Crippen LogP contribution >= 0.6 is 0 Å². The molecule has 2 N–H and O–H groups in total. The second kappa shape index (κ2) is 8.96. The molecule has 8 heteroatoms. The first-order valence-corrected chi connectivity index (χ1v) is 10.3. The van der Waals surface area contributed by atoms with Crippen molar-refractivity contribution in [2.45, 2.75) is 6.04 Å². The van der Waals surface area contributed by atoms with Crippen molar-refractivity contribution >= 4 is 23.6 Å². The van der Waals surface area contributed by atoms with E-state index >= 15 is 0 Å². The summed E-state index contributed by atoms with van der Waals surface area (Å²) in [5.74, 6) is 1.67. The van der Waals surface area contributed by atoms with Crippen molar-refractivity contribution in [1.29, 1.82) is 0 Å². The first-order chi connectivity index (χ1) is 16.2. The van der Waals surface area contributed by atoms with Gasteiger partial charge in [0.05, 0.1) is 0 Å². The van der Waals surface area contributed by atoms with Gasteiger partial charge in [0.2, 0.25) is 19.5 Å². The van der Waals surface area contributed by atoms with Crippen LogP contribution in [0.1, 0.15) is 17.2 Å². The minimum atomic E-state index is -0.898. The standard InChI is InChI=1S/C25H20N2O6/c28-23(11-7-16-6-9-19-21(12-16)32-14-30-19)27-24(17-4-2-1-3-5-17)25(29)26-18-8-10-20-22(13-18)33-15-31-20/h1-13,24H,14-15H2,(H,26,29)(H,27,28)/b11-7-/t24-/m1/s1. The second-order valence-electron chi connectivity index (χ2n) is 7.36. The number of anilines is 1. The summed E-state index contributed by atoms with van der Waals surface area (Å²) < 4.78 is 21.3. The molecular formula is C25H20N2O6. The highest BCUT2D eigenvalue weighted by atomic mass is 16.7. The molecule has 166 valence electrons. The summed E-state index contributed by atoms with van der Waals surface area (Å²) in [4.78, 5) is 25.8. The van der Waals surface area contributed by atoms with Crippen LogP contribution in [-0.4, -0.2) is 25.4 Å². The minimum Gasteiger partial charge on any atom is -0.454 e. The normalized spacial score (nSPS) is 14.2. The van der Waals surface area contributed by atoms with E-state index in [-0.39, 0.29) is 19.5 Å². The van der Waals surface area contributed by atoms with Crippen LogP contribution in [0.25, 0.3) is 6.08 Å². The van der Waals surface area contributed by atoms with Gasteiger partial charge in [0.25, 0.3) is 5.91 Å². The molecule has 0 saturated heterocycles. The average Bonchev–Trinajstić information content (AvgIpc) is 3.50. The third kappa shape index (κ3) is 4.59. The van der Waals surface area contributed by atoms with Gasteiger partial charge in [-0.2, -0.15) is 0 Å². The zero-order chi connectivity index (χ0) is 22.6. The molecule has 0 aliphatic carbocycles. The summed E-state index contributed by atoms with van der Waals surface area (Å²) in [6.07, 6.45) is 3.02. The minimum absolute atomic E-state index is 0.144. The molecule has 0 saturated carbocycles. The summed E-state index contributed by atoms with van der Waals surface area (Å²) in [7, 11) is 0. The number of amides is 2. The van der Waals surface area contributed by atoms with E-state index in [0.717, 1.165) is 5.56 Å². The van der Waals surface area contributed by atoms with Gasteiger partial charge < -0.3 is 29.6 Å². The number of ether oxygens (including phenoxy) is 4. The predicted octanol–water partition coefficient (Wildman–Crippen LogP) is 3.65. The van der Waals surface area contributed by atoms with Gasteiger partial charge in [-0.05, 0) is 41.5 Å². The maximum absolute atomic E-state index is 13.1. The molecule has 0 aromatic heterocycles. The van der Waals surface area contributed by atoms with Crippen molar-refractivity contribution in [2.75, 3.05) is 18.9 Å². The molecule has 5 rings (SSSR count). The monoisotopic (exact) mass is 444 g/mol. The highest BCUT2D eigenvalue weighted by Crippen LogP contribution is 2.35. The number of fused-ring (bicyclic) bond motifs is 2. The maximum Gasteiger partial charge on any atom is 0.251 e. The van der Waals surface area contributed by atoms with Crippen molar-refractivity contribution in [1.82, 2.24) is 5.32 Å². The number of carbonyl (C=O) groups excluding carboxylic acids is 2. The van der Waals surface area contributed by atoms with E-state index in [1.165, 1.54) is 6.08 Å². The first-order valence-electron chi connectivity index (χ1n) is 10.3. The SMILES string of the molecule is O=C(/C=C\c1ccc2c(c1)OCO2)N[C@@H](C(=O)Nc1ccc2c(c1)OCO2)c1ccccc1. The van der Waals surface area contributed by atoms with Crippen LogP contribution in [0.15, 0.2) is 72.8 Å². The van der Waals surface area contributed by atoms with Crippen LogP contribution in [0.2, 0.25) is 0 Å². The quantitative estimate of drug-likeness (QED) is 0.564. The molecule has 2 heterocycles. The van der Waals surface area contributed by atoms with Crippen LogP contribution in [0.3, 0.4) is 0 Å². The molecule has 33 heavy (non-hydrogen) atoms. The molecule has 2 aliphatic heterocycles. The van der Waals surface area contributed by atoms with Crippen molar-refractivity contribution in [3.8, 4) is 23.0 Å². The Morgan fingerprint density at radius 1 is 0.788 bits per heavy atom. The lowest BCUT2D eigenvalue weighted by Crippen LogP contribution is -2.36. The fourth-order valence-electron chi connectivity index (χ4n) is 3.51. The highest BCUT2D eigenvalue weighted by molar-refractivity contribution is 6.00. The van der Waals surface area contributed by atoms with E-state index < -0.39 is 11.9 Å². The van der Waals surface area contributed by atoms with Crippen LogP contribution < -0.4 is 29.6 Å². The Hall–Kier alpha value is -4.46. The molecule has 3 aromatic carbocycles. The summed E-state index contributed by atoms with van der Waals surface area (Å²) in [6.45, 7) is 0.325. The fourth-order valence-corrected chi connectivity index (χ4v) is 3.51. The second-order valence-corrected chi connectivity index (χ2v) is 7.36. The van der Waals surface area contributed by atoms with Crippen LogP contribution in [0.5, 0.6) is 23.0 Å². The Kier molecular flexibility index (Phi) is 5.55. The van der Waals surface area contributed by atoms with E-state index in [2.05, 4.69) is 10.6 Å². The van der Waals surface area contributed by atoms with Crippen molar-refractivity contribution < 1.29 is 28.5 Å². The number of rotatable bonds is 6. The number of nitrogens with one attached hydrogen (secondary N) is 2. The van der Waals surface area contributed by atoms with Crippen LogP contribution in [-0.2, 0) is 9.59 Å². The van der Waals surface area contributed by atoms with E-state index in [1.54, 1.807) is 48.5 Å². The average molecular weight is 444 g/mol. The zero-order valence-corrected chi connectivity index (χ0v) is 17.4. The zero-order valence-electron chi connectivity index (χ0n) is 17.4. The predicted molar refractivity (Wildman–Crippen MR) is 120 cm³/mol. The van der Waals surface area contributed by atoms with E-state index in [1.807, 2.05) is 24.3 Å². The molecular weight excluding hydrogens is 424 g/mol. The summed E-state index contributed by atoms with van der Waals surface area (Å²) >= 11 is 0. The Morgan fingerprint density at radius 2 is 1.45 bits per heavy atom. The third-order valence-corrected chi connectivity index (χ3v) is 5.15. The number of hydrogen-bond acceptors (Lipinski definition) is 6. The molecule has 8 nitrogen and oxygen atoms in total. The fraction of sp³-hybridized carbons (Fsp3) is 0.120. The number of hydrogen-bond donors (Lipinski definition) is 2. The lowest BCUT2D eigenvalue weighted by molar-refractivity contribution is -0.123. The Labute approximate surface area is 189 Å².